The first-order chi connectivity index (χ1) is 9.70. The Hall–Kier alpha value is -0.662. The average Bonchev–Trinajstić information content (AvgIpc) is 2.54. The first-order valence-corrected chi connectivity index (χ1v) is 10.6. The van der Waals surface area contributed by atoms with Crippen molar-refractivity contribution in [1.82, 2.24) is 0 Å². The Labute approximate surface area is 130 Å². The Kier molecular flexibility index (Phi) is 22.3. The molecule has 0 aliphatic carbocycles. The summed E-state index contributed by atoms with van der Waals surface area (Å²) in [5, 5.41) is 0. The third-order valence-corrected chi connectivity index (χ3v) is 4.95. The molecular formula is C12H10Cl2MoO5. The maximum absolute atomic E-state index is 7.50. The van der Waals surface area contributed by atoms with E-state index in [1.165, 1.54) is 0 Å². The van der Waals surface area contributed by atoms with E-state index in [1.807, 2.05) is 24.3 Å². The Morgan fingerprint density at radius 1 is 1.00 bits per heavy atom. The number of hydrogen-bond donors (Lipinski definition) is 0. The Morgan fingerprint density at radius 3 is 1.80 bits per heavy atom. The van der Waals surface area contributed by atoms with E-state index in [2.05, 4.69) is 20.0 Å². The van der Waals surface area contributed by atoms with Crippen molar-refractivity contribution in [3.8, 4) is 5.75 Å². The SMILES string of the molecule is CO[C](c1ccccc1OC)=[Mo]([Cl])[Cl].[C-]#[O+].[C-]#[O+].[C-]#[O+]. The van der Waals surface area contributed by atoms with E-state index < -0.39 is 14.8 Å². The molecule has 0 saturated heterocycles. The fourth-order valence-corrected chi connectivity index (χ4v) is 3.93. The molecule has 8 heteroatoms. The van der Waals surface area contributed by atoms with Crippen molar-refractivity contribution >= 4 is 22.9 Å². The summed E-state index contributed by atoms with van der Waals surface area (Å²) in [7, 11) is 15.0. The van der Waals surface area contributed by atoms with Crippen LogP contribution in [0.4, 0.5) is 0 Å². The first-order valence-electron chi connectivity index (χ1n) is 4.43. The van der Waals surface area contributed by atoms with E-state index in [9.17, 15) is 0 Å². The second-order valence-corrected chi connectivity index (χ2v) is 8.95. The number of ether oxygens (including phenoxy) is 2. The van der Waals surface area contributed by atoms with Crippen molar-refractivity contribution in [3.05, 3.63) is 49.8 Å². The molecule has 0 saturated carbocycles. The van der Waals surface area contributed by atoms with Gasteiger partial charge in [-0.3, -0.25) is 0 Å². The molecule has 0 heterocycles. The van der Waals surface area contributed by atoms with Crippen LogP contribution in [0.15, 0.2) is 24.3 Å². The molecule has 0 spiro atoms. The minimum absolute atomic E-state index is 0.661. The molecular weight excluding hydrogens is 391 g/mol. The van der Waals surface area contributed by atoms with Gasteiger partial charge in [0.1, 0.15) is 0 Å². The molecule has 1 aromatic rings. The van der Waals surface area contributed by atoms with Crippen LogP contribution in [0.25, 0.3) is 0 Å². The molecule has 108 valence electrons. The maximum atomic E-state index is 7.50. The van der Waals surface area contributed by atoms with E-state index in [4.69, 9.17) is 42.3 Å². The zero-order valence-corrected chi connectivity index (χ0v) is 14.0. The number of para-hydroxylation sites is 1. The predicted octanol–water partition coefficient (Wildman–Crippen LogP) is 2.63. The van der Waals surface area contributed by atoms with E-state index in [1.54, 1.807) is 14.2 Å². The average molecular weight is 401 g/mol. The third-order valence-electron chi connectivity index (χ3n) is 1.65. The van der Waals surface area contributed by atoms with Crippen LogP contribution >= 0.6 is 18.8 Å². The molecule has 0 aromatic heterocycles. The molecule has 0 amide bonds. The van der Waals surface area contributed by atoms with Gasteiger partial charge < -0.3 is 0 Å². The Bertz CT molecular complexity index is 450. The van der Waals surface area contributed by atoms with Crippen LogP contribution in [0.3, 0.4) is 0 Å². The van der Waals surface area contributed by atoms with Crippen molar-refractivity contribution in [2.45, 2.75) is 0 Å². The monoisotopic (exact) mass is 402 g/mol. The molecule has 1 aromatic carbocycles. The van der Waals surface area contributed by atoms with Crippen molar-refractivity contribution in [3.63, 3.8) is 0 Å². The van der Waals surface area contributed by atoms with Gasteiger partial charge in [0.05, 0.1) is 0 Å². The number of rotatable bonds is 3. The van der Waals surface area contributed by atoms with Gasteiger partial charge in [-0.15, -0.1) is 0 Å². The Morgan fingerprint density at radius 2 is 1.45 bits per heavy atom. The normalized spacial score (nSPS) is 7.55. The van der Waals surface area contributed by atoms with Crippen LogP contribution in [0, 0.1) is 20.0 Å². The predicted molar refractivity (Wildman–Crippen MR) is 67.6 cm³/mol. The van der Waals surface area contributed by atoms with Crippen LogP contribution in [-0.4, -0.2) is 18.3 Å². The summed E-state index contributed by atoms with van der Waals surface area (Å²) in [6.45, 7) is 13.5. The molecule has 0 aliphatic rings. The third kappa shape index (κ3) is 9.28. The summed E-state index contributed by atoms with van der Waals surface area (Å²) >= 11 is -2.29. The van der Waals surface area contributed by atoms with E-state index in [0.717, 1.165) is 11.3 Å². The molecule has 0 atom stereocenters. The van der Waals surface area contributed by atoms with Crippen LogP contribution < -0.4 is 4.74 Å². The number of methoxy groups -OCH3 is 2. The van der Waals surface area contributed by atoms with Gasteiger partial charge in [-0.1, -0.05) is 0 Å². The van der Waals surface area contributed by atoms with Gasteiger partial charge in [0.2, 0.25) is 0 Å². The van der Waals surface area contributed by atoms with Crippen molar-refractivity contribution in [2.75, 3.05) is 14.2 Å². The van der Waals surface area contributed by atoms with Gasteiger partial charge in [0, 0.05) is 0 Å². The molecule has 0 radical (unpaired) electrons. The van der Waals surface area contributed by atoms with Gasteiger partial charge in [-0.05, 0) is 0 Å². The topological polar surface area (TPSA) is 78.2 Å². The van der Waals surface area contributed by atoms with Crippen molar-refractivity contribution < 1.29 is 38.2 Å². The van der Waals surface area contributed by atoms with E-state index in [0.29, 0.717) is 4.08 Å². The van der Waals surface area contributed by atoms with Crippen LogP contribution in [0.2, 0.25) is 0 Å². The summed E-state index contributed by atoms with van der Waals surface area (Å²) in [5.41, 5.74) is 0.846. The summed E-state index contributed by atoms with van der Waals surface area (Å²) in [5.74, 6) is 0.733. The number of benzene rings is 1. The summed E-state index contributed by atoms with van der Waals surface area (Å²) in [6.07, 6.45) is 0. The number of hydrogen-bond acceptors (Lipinski definition) is 2. The van der Waals surface area contributed by atoms with Gasteiger partial charge >= 0.3 is 131 Å². The number of halogens is 2. The van der Waals surface area contributed by atoms with Crippen LogP contribution in [-0.2, 0) is 33.5 Å². The molecule has 0 bridgehead atoms. The van der Waals surface area contributed by atoms with E-state index in [-0.39, 0.29) is 0 Å². The molecule has 1 rings (SSSR count). The van der Waals surface area contributed by atoms with Gasteiger partial charge in [0.25, 0.3) is 0 Å². The second-order valence-electron chi connectivity index (χ2n) is 2.40. The molecule has 0 unspecified atom stereocenters. The first kappa shape index (κ1) is 24.4. The summed E-state index contributed by atoms with van der Waals surface area (Å²) < 4.78 is 33.5. The molecule has 0 fully saturated rings. The van der Waals surface area contributed by atoms with Gasteiger partial charge in [-0.25, -0.2) is 0 Å². The quantitative estimate of drug-likeness (QED) is 0.444. The van der Waals surface area contributed by atoms with Crippen molar-refractivity contribution in [2.24, 2.45) is 0 Å². The summed E-state index contributed by atoms with van der Waals surface area (Å²) in [4.78, 5) is 0. The molecule has 20 heavy (non-hydrogen) atoms. The molecule has 0 N–H and O–H groups in total. The standard InChI is InChI=1S/C9H10O2.3CO.2ClH.Mo/c1-10-7-8-5-3-4-6-9(8)11-2;3*1-2;;;/h3-6H,1-2H3;;;;2*1H;/q;;;;;;+2/p-2. The molecule has 0 aliphatic heterocycles. The van der Waals surface area contributed by atoms with E-state index >= 15 is 0 Å². The molecule has 5 nitrogen and oxygen atoms in total. The van der Waals surface area contributed by atoms with Gasteiger partial charge in [0.15, 0.2) is 0 Å². The van der Waals surface area contributed by atoms with Crippen LogP contribution in [0.5, 0.6) is 5.75 Å². The zero-order valence-electron chi connectivity index (χ0n) is 10.5. The van der Waals surface area contributed by atoms with Gasteiger partial charge in [-0.2, -0.15) is 0 Å². The minimum atomic E-state index is -2.29. The van der Waals surface area contributed by atoms with Crippen LogP contribution in [0.1, 0.15) is 5.56 Å². The summed E-state index contributed by atoms with van der Waals surface area (Å²) in [6, 6.07) is 7.52. The fourth-order valence-electron chi connectivity index (χ4n) is 1.07. The second kappa shape index (κ2) is 18.3. The Balaban J connectivity index is -0.000000425. The van der Waals surface area contributed by atoms with Crippen molar-refractivity contribution in [1.29, 1.82) is 0 Å². The zero-order chi connectivity index (χ0) is 16.6. The fraction of sp³-hybridized carbons (Fsp3) is 0.167.